The zero-order valence-corrected chi connectivity index (χ0v) is 16.9. The van der Waals surface area contributed by atoms with Crippen LogP contribution in [-0.4, -0.2) is 31.7 Å². The van der Waals surface area contributed by atoms with Gasteiger partial charge in [0.05, 0.1) is 0 Å². The number of piperidine rings is 1. The number of sulfonamides is 1. The van der Waals surface area contributed by atoms with Crippen LogP contribution in [-0.2, 0) is 21.4 Å². The molecular weight excluding hydrogens is 379 g/mol. The molecule has 7 heteroatoms. The van der Waals surface area contributed by atoms with E-state index in [4.69, 9.17) is 0 Å². The van der Waals surface area contributed by atoms with Crippen LogP contribution in [0.4, 0.5) is 4.39 Å². The highest BCUT2D eigenvalue weighted by molar-refractivity contribution is 7.89. The number of nitrogens with one attached hydrogen (secondary N) is 1. The molecule has 0 spiro atoms. The molecule has 150 valence electrons. The second-order valence-electron chi connectivity index (χ2n) is 7.26. The van der Waals surface area contributed by atoms with Crippen LogP contribution in [0.5, 0.6) is 0 Å². The van der Waals surface area contributed by atoms with E-state index in [1.54, 1.807) is 0 Å². The van der Waals surface area contributed by atoms with Crippen molar-refractivity contribution in [2.75, 3.05) is 13.1 Å². The molecule has 1 aliphatic rings. The molecule has 2 aromatic rings. The molecule has 1 saturated heterocycles. The molecule has 1 aliphatic heterocycles. The molecule has 28 heavy (non-hydrogen) atoms. The van der Waals surface area contributed by atoms with Gasteiger partial charge in [-0.15, -0.1) is 0 Å². The number of carbonyl (C=O) groups excluding carboxylic acids is 1. The standard InChI is InChI=1S/C21H25FN2O3S/c1-15-7-8-18(16(2)13-15)14-23-21(25)17-9-11-24(12-10-17)28(26,27)20-6-4-3-5-19(20)22/h3-8,13,17H,9-12,14H2,1-2H3,(H,23,25). The van der Waals surface area contributed by atoms with Gasteiger partial charge in [-0.25, -0.2) is 12.8 Å². The summed E-state index contributed by atoms with van der Waals surface area (Å²) in [6.07, 6.45) is 0.846. The summed E-state index contributed by atoms with van der Waals surface area (Å²) in [5.74, 6) is -1.06. The van der Waals surface area contributed by atoms with Crippen molar-refractivity contribution in [2.45, 2.75) is 38.1 Å². The number of benzene rings is 2. The van der Waals surface area contributed by atoms with Crippen molar-refractivity contribution in [1.82, 2.24) is 9.62 Å². The van der Waals surface area contributed by atoms with Crippen LogP contribution in [0, 0.1) is 25.6 Å². The molecule has 0 atom stereocenters. The fourth-order valence-corrected chi connectivity index (χ4v) is 5.06. The number of halogens is 1. The number of hydrogen-bond donors (Lipinski definition) is 1. The van der Waals surface area contributed by atoms with Gasteiger partial charge >= 0.3 is 0 Å². The van der Waals surface area contributed by atoms with E-state index < -0.39 is 15.8 Å². The van der Waals surface area contributed by atoms with Gasteiger partial charge in [-0.2, -0.15) is 4.31 Å². The van der Waals surface area contributed by atoms with Crippen LogP contribution in [0.2, 0.25) is 0 Å². The molecule has 1 fully saturated rings. The van der Waals surface area contributed by atoms with Gasteiger partial charge in [0, 0.05) is 25.6 Å². The first-order valence-corrected chi connectivity index (χ1v) is 10.8. The summed E-state index contributed by atoms with van der Waals surface area (Å²) in [5, 5.41) is 2.96. The van der Waals surface area contributed by atoms with Crippen LogP contribution in [0.25, 0.3) is 0 Å². The van der Waals surface area contributed by atoms with E-state index in [1.165, 1.54) is 28.1 Å². The maximum Gasteiger partial charge on any atom is 0.245 e. The number of carbonyl (C=O) groups is 1. The maximum atomic E-state index is 13.9. The van der Waals surface area contributed by atoms with Crippen molar-refractivity contribution in [2.24, 2.45) is 5.92 Å². The van der Waals surface area contributed by atoms with E-state index in [2.05, 4.69) is 11.4 Å². The molecule has 0 saturated carbocycles. The van der Waals surface area contributed by atoms with E-state index in [-0.39, 0.29) is 29.8 Å². The summed E-state index contributed by atoms with van der Waals surface area (Å²) >= 11 is 0. The Kier molecular flexibility index (Phi) is 6.15. The number of hydrogen-bond acceptors (Lipinski definition) is 3. The van der Waals surface area contributed by atoms with Gasteiger partial charge in [0.1, 0.15) is 10.7 Å². The lowest BCUT2D eigenvalue weighted by atomic mass is 9.97. The van der Waals surface area contributed by atoms with Crippen LogP contribution in [0.3, 0.4) is 0 Å². The van der Waals surface area contributed by atoms with E-state index in [0.29, 0.717) is 19.4 Å². The number of nitrogens with zero attached hydrogens (tertiary/aromatic N) is 1. The highest BCUT2D eigenvalue weighted by Crippen LogP contribution is 2.25. The maximum absolute atomic E-state index is 13.9. The number of aryl methyl sites for hydroxylation is 2. The summed E-state index contributed by atoms with van der Waals surface area (Å²) in [5.41, 5.74) is 3.38. The highest BCUT2D eigenvalue weighted by Gasteiger charge is 2.33. The zero-order chi connectivity index (χ0) is 20.3. The van der Waals surface area contributed by atoms with Crippen LogP contribution >= 0.6 is 0 Å². The number of amides is 1. The average Bonchev–Trinajstić information content (AvgIpc) is 2.67. The zero-order valence-electron chi connectivity index (χ0n) is 16.1. The van der Waals surface area contributed by atoms with E-state index in [1.807, 2.05) is 26.0 Å². The van der Waals surface area contributed by atoms with E-state index in [9.17, 15) is 17.6 Å². The largest absolute Gasteiger partial charge is 0.352 e. The molecule has 3 rings (SSSR count). The third-order valence-corrected chi connectivity index (χ3v) is 7.16. The average molecular weight is 405 g/mol. The predicted molar refractivity (Wildman–Crippen MR) is 106 cm³/mol. The minimum Gasteiger partial charge on any atom is -0.352 e. The Labute approximate surface area is 165 Å². The smallest absolute Gasteiger partial charge is 0.245 e. The molecule has 0 aromatic heterocycles. The molecule has 1 N–H and O–H groups in total. The Hall–Kier alpha value is -2.25. The molecule has 0 aliphatic carbocycles. The predicted octanol–water partition coefficient (Wildman–Crippen LogP) is 3.16. The Balaban J connectivity index is 1.57. The fraction of sp³-hybridized carbons (Fsp3) is 0.381. The summed E-state index contributed by atoms with van der Waals surface area (Å²) in [6, 6.07) is 11.5. The third-order valence-electron chi connectivity index (χ3n) is 5.23. The molecule has 1 heterocycles. The topological polar surface area (TPSA) is 66.5 Å². The summed E-state index contributed by atoms with van der Waals surface area (Å²) in [6.45, 7) is 4.91. The van der Waals surface area contributed by atoms with Crippen molar-refractivity contribution in [3.63, 3.8) is 0 Å². The Morgan fingerprint density at radius 1 is 1.14 bits per heavy atom. The van der Waals surface area contributed by atoms with Crippen molar-refractivity contribution in [3.05, 3.63) is 65.0 Å². The lowest BCUT2D eigenvalue weighted by molar-refractivity contribution is -0.126. The molecule has 0 unspecified atom stereocenters. The molecule has 0 bridgehead atoms. The van der Waals surface area contributed by atoms with Crippen molar-refractivity contribution in [1.29, 1.82) is 0 Å². The first kappa shape index (κ1) is 20.5. The van der Waals surface area contributed by atoms with Crippen molar-refractivity contribution >= 4 is 15.9 Å². The van der Waals surface area contributed by atoms with Crippen molar-refractivity contribution in [3.8, 4) is 0 Å². The Bertz CT molecular complexity index is 967. The van der Waals surface area contributed by atoms with Gasteiger partial charge in [-0.05, 0) is 49.9 Å². The Morgan fingerprint density at radius 3 is 2.46 bits per heavy atom. The van der Waals surface area contributed by atoms with Crippen LogP contribution in [0.15, 0.2) is 47.4 Å². The molecule has 5 nitrogen and oxygen atoms in total. The van der Waals surface area contributed by atoms with Gasteiger partial charge in [-0.1, -0.05) is 35.9 Å². The lowest BCUT2D eigenvalue weighted by Gasteiger charge is -2.30. The van der Waals surface area contributed by atoms with Gasteiger partial charge in [0.15, 0.2) is 0 Å². The van der Waals surface area contributed by atoms with Crippen LogP contribution < -0.4 is 5.32 Å². The quantitative estimate of drug-likeness (QED) is 0.833. The summed E-state index contributed by atoms with van der Waals surface area (Å²) < 4.78 is 40.4. The van der Waals surface area contributed by atoms with E-state index in [0.717, 1.165) is 17.2 Å². The third kappa shape index (κ3) is 4.42. The molecule has 2 aromatic carbocycles. The van der Waals surface area contributed by atoms with Gasteiger partial charge in [-0.3, -0.25) is 4.79 Å². The van der Waals surface area contributed by atoms with E-state index >= 15 is 0 Å². The SMILES string of the molecule is Cc1ccc(CNC(=O)C2CCN(S(=O)(=O)c3ccccc3F)CC2)c(C)c1. The Morgan fingerprint density at radius 2 is 1.82 bits per heavy atom. The minimum atomic E-state index is -3.88. The normalized spacial score (nSPS) is 16.1. The summed E-state index contributed by atoms with van der Waals surface area (Å²) in [7, 11) is -3.88. The molecule has 0 radical (unpaired) electrons. The monoisotopic (exact) mass is 404 g/mol. The minimum absolute atomic E-state index is 0.0667. The fourth-order valence-electron chi connectivity index (χ4n) is 3.52. The molecule has 1 amide bonds. The first-order valence-electron chi connectivity index (χ1n) is 9.37. The number of rotatable bonds is 5. The second-order valence-corrected chi connectivity index (χ2v) is 9.16. The van der Waals surface area contributed by atoms with Crippen LogP contribution in [0.1, 0.15) is 29.5 Å². The highest BCUT2D eigenvalue weighted by atomic mass is 32.2. The van der Waals surface area contributed by atoms with Gasteiger partial charge < -0.3 is 5.32 Å². The van der Waals surface area contributed by atoms with Gasteiger partial charge in [0.2, 0.25) is 15.9 Å². The molecular formula is C21H25FN2O3S. The second kappa shape index (κ2) is 8.41. The first-order chi connectivity index (χ1) is 13.3. The lowest BCUT2D eigenvalue weighted by Crippen LogP contribution is -2.43. The van der Waals surface area contributed by atoms with Crippen molar-refractivity contribution < 1.29 is 17.6 Å². The summed E-state index contributed by atoms with van der Waals surface area (Å²) in [4.78, 5) is 12.2. The van der Waals surface area contributed by atoms with Gasteiger partial charge in [0.25, 0.3) is 0 Å².